The van der Waals surface area contributed by atoms with Gasteiger partial charge in [0.25, 0.3) is 0 Å². The zero-order valence-corrected chi connectivity index (χ0v) is 14.2. The van der Waals surface area contributed by atoms with E-state index in [-0.39, 0.29) is 6.04 Å². The molecule has 5 nitrogen and oxygen atoms in total. The van der Waals surface area contributed by atoms with Gasteiger partial charge in [-0.3, -0.25) is 0 Å². The van der Waals surface area contributed by atoms with Crippen molar-refractivity contribution in [2.24, 2.45) is 5.73 Å². The Labute approximate surface area is 142 Å². The fourth-order valence-electron chi connectivity index (χ4n) is 3.61. The van der Waals surface area contributed by atoms with Crippen molar-refractivity contribution in [3.63, 3.8) is 0 Å². The Morgan fingerprint density at radius 1 is 1.12 bits per heavy atom. The van der Waals surface area contributed by atoms with Crippen LogP contribution in [0.1, 0.15) is 22.7 Å². The van der Waals surface area contributed by atoms with Crippen LogP contribution >= 0.6 is 0 Å². The van der Waals surface area contributed by atoms with E-state index in [1.54, 1.807) is 0 Å². The predicted molar refractivity (Wildman–Crippen MR) is 94.4 cm³/mol. The van der Waals surface area contributed by atoms with Crippen molar-refractivity contribution >= 4 is 5.69 Å². The first kappa shape index (κ1) is 15.3. The number of hydrogen-bond acceptors (Lipinski definition) is 5. The molecule has 1 atom stereocenters. The smallest absolute Gasteiger partial charge is 0.231 e. The molecule has 4 rings (SSSR count). The first-order valence-electron chi connectivity index (χ1n) is 8.28. The van der Waals surface area contributed by atoms with Gasteiger partial charge in [-0.2, -0.15) is 0 Å². The summed E-state index contributed by atoms with van der Waals surface area (Å²) in [7, 11) is 4.18. The van der Waals surface area contributed by atoms with Gasteiger partial charge in [-0.15, -0.1) is 0 Å². The second kappa shape index (κ2) is 6.00. The molecular formula is C19H23N3O2. The Morgan fingerprint density at radius 2 is 1.96 bits per heavy atom. The minimum Gasteiger partial charge on any atom is -0.454 e. The molecule has 2 heterocycles. The van der Waals surface area contributed by atoms with E-state index in [0.29, 0.717) is 13.3 Å². The van der Waals surface area contributed by atoms with Crippen LogP contribution in [0.3, 0.4) is 0 Å². The molecule has 24 heavy (non-hydrogen) atoms. The summed E-state index contributed by atoms with van der Waals surface area (Å²) in [6, 6.07) is 13.1. The van der Waals surface area contributed by atoms with E-state index >= 15 is 0 Å². The molecule has 0 aliphatic carbocycles. The second-order valence-electron chi connectivity index (χ2n) is 6.69. The highest BCUT2D eigenvalue weighted by Crippen LogP contribution is 2.41. The average Bonchev–Trinajstić information content (AvgIpc) is 3.16. The number of ether oxygens (including phenoxy) is 2. The molecule has 0 fully saturated rings. The van der Waals surface area contributed by atoms with Crippen LogP contribution < -0.4 is 20.1 Å². The van der Waals surface area contributed by atoms with Gasteiger partial charge < -0.3 is 25.0 Å². The van der Waals surface area contributed by atoms with E-state index in [9.17, 15) is 0 Å². The maximum Gasteiger partial charge on any atom is 0.231 e. The van der Waals surface area contributed by atoms with Crippen LogP contribution in [-0.2, 0) is 13.1 Å². The zero-order chi connectivity index (χ0) is 16.7. The molecule has 0 spiro atoms. The fourth-order valence-corrected chi connectivity index (χ4v) is 3.61. The van der Waals surface area contributed by atoms with Gasteiger partial charge in [0.15, 0.2) is 11.5 Å². The van der Waals surface area contributed by atoms with Gasteiger partial charge in [-0.05, 0) is 42.9 Å². The Balaban J connectivity index is 1.66. The van der Waals surface area contributed by atoms with Crippen LogP contribution in [0.2, 0.25) is 0 Å². The molecule has 0 amide bonds. The van der Waals surface area contributed by atoms with Gasteiger partial charge in [0.05, 0.1) is 6.04 Å². The molecule has 5 heteroatoms. The molecule has 0 aromatic heterocycles. The highest BCUT2D eigenvalue weighted by molar-refractivity contribution is 5.61. The van der Waals surface area contributed by atoms with Crippen LogP contribution in [0.15, 0.2) is 36.4 Å². The minimum absolute atomic E-state index is 0.197. The van der Waals surface area contributed by atoms with E-state index in [0.717, 1.165) is 30.3 Å². The first-order valence-corrected chi connectivity index (χ1v) is 8.28. The molecule has 126 valence electrons. The molecular weight excluding hydrogens is 302 g/mol. The molecule has 0 saturated carbocycles. The summed E-state index contributed by atoms with van der Waals surface area (Å²) in [4.78, 5) is 4.54. The van der Waals surface area contributed by atoms with E-state index < -0.39 is 0 Å². The summed E-state index contributed by atoms with van der Waals surface area (Å²) in [5, 5.41) is 0. The second-order valence-corrected chi connectivity index (χ2v) is 6.69. The Kier molecular flexibility index (Phi) is 3.82. The Morgan fingerprint density at radius 3 is 2.75 bits per heavy atom. The molecule has 2 aromatic carbocycles. The summed E-state index contributed by atoms with van der Waals surface area (Å²) in [5.41, 5.74) is 11.3. The number of anilines is 1. The third-order valence-electron chi connectivity index (χ3n) is 4.70. The zero-order valence-electron chi connectivity index (χ0n) is 14.2. The Hall–Kier alpha value is -2.24. The quantitative estimate of drug-likeness (QED) is 0.936. The van der Waals surface area contributed by atoms with Gasteiger partial charge in [-0.25, -0.2) is 0 Å². The summed E-state index contributed by atoms with van der Waals surface area (Å²) < 4.78 is 10.9. The van der Waals surface area contributed by atoms with Crippen LogP contribution in [0.5, 0.6) is 11.5 Å². The predicted octanol–water partition coefficient (Wildman–Crippen LogP) is 2.50. The van der Waals surface area contributed by atoms with Crippen molar-refractivity contribution in [2.75, 3.05) is 32.3 Å². The number of benzene rings is 2. The van der Waals surface area contributed by atoms with Crippen molar-refractivity contribution in [1.29, 1.82) is 0 Å². The lowest BCUT2D eigenvalue weighted by molar-refractivity contribution is 0.174. The van der Waals surface area contributed by atoms with E-state index in [1.807, 2.05) is 6.07 Å². The monoisotopic (exact) mass is 325 g/mol. The maximum atomic E-state index is 6.13. The van der Waals surface area contributed by atoms with E-state index in [1.165, 1.54) is 16.7 Å². The first-order chi connectivity index (χ1) is 11.7. The highest BCUT2D eigenvalue weighted by Gasteiger charge is 2.30. The van der Waals surface area contributed by atoms with Gasteiger partial charge in [0, 0.05) is 31.4 Å². The van der Waals surface area contributed by atoms with Crippen molar-refractivity contribution in [1.82, 2.24) is 4.90 Å². The molecule has 2 aliphatic heterocycles. The molecule has 0 bridgehead atoms. The van der Waals surface area contributed by atoms with Crippen molar-refractivity contribution in [3.05, 3.63) is 53.1 Å². The largest absolute Gasteiger partial charge is 0.454 e. The summed E-state index contributed by atoms with van der Waals surface area (Å²) in [6.07, 6.45) is 0. The molecule has 2 aliphatic rings. The molecule has 2 N–H and O–H groups in total. The summed E-state index contributed by atoms with van der Waals surface area (Å²) in [5.74, 6) is 1.63. The summed E-state index contributed by atoms with van der Waals surface area (Å²) in [6.45, 7) is 2.70. The fraction of sp³-hybridized carbons (Fsp3) is 0.368. The summed E-state index contributed by atoms with van der Waals surface area (Å²) >= 11 is 0. The van der Waals surface area contributed by atoms with Crippen LogP contribution in [0.4, 0.5) is 5.69 Å². The molecule has 0 saturated heterocycles. The number of rotatable bonds is 4. The lowest BCUT2D eigenvalue weighted by atomic mass is 10.0. The van der Waals surface area contributed by atoms with Gasteiger partial charge in [0.1, 0.15) is 0 Å². The van der Waals surface area contributed by atoms with E-state index in [4.69, 9.17) is 15.2 Å². The third kappa shape index (κ3) is 2.60. The SMILES string of the molecule is CN(C)Cc1ccc2c(c1)C(CN)N(c1ccc3c(c1)OCO3)C2. The Bertz CT molecular complexity index is 760. The molecule has 2 aromatic rings. The van der Waals surface area contributed by atoms with Gasteiger partial charge in [-0.1, -0.05) is 18.2 Å². The topological polar surface area (TPSA) is 51.0 Å². The van der Waals surface area contributed by atoms with Crippen LogP contribution in [-0.4, -0.2) is 32.3 Å². The number of nitrogens with zero attached hydrogens (tertiary/aromatic N) is 2. The normalized spacial score (nSPS) is 18.3. The minimum atomic E-state index is 0.197. The maximum absolute atomic E-state index is 6.13. The van der Waals surface area contributed by atoms with Crippen LogP contribution in [0.25, 0.3) is 0 Å². The number of fused-ring (bicyclic) bond motifs is 2. The average molecular weight is 325 g/mol. The lowest BCUT2D eigenvalue weighted by Crippen LogP contribution is -2.27. The number of hydrogen-bond donors (Lipinski definition) is 1. The van der Waals surface area contributed by atoms with E-state index in [2.05, 4.69) is 54.2 Å². The highest BCUT2D eigenvalue weighted by atomic mass is 16.7. The van der Waals surface area contributed by atoms with Gasteiger partial charge >= 0.3 is 0 Å². The standard InChI is InChI=1S/C19H23N3O2/c1-21(2)10-13-3-4-14-11-22(17(9-20)16(14)7-13)15-5-6-18-19(8-15)24-12-23-18/h3-8,17H,9-12,20H2,1-2H3. The third-order valence-corrected chi connectivity index (χ3v) is 4.70. The molecule has 0 radical (unpaired) electrons. The van der Waals surface area contributed by atoms with Gasteiger partial charge in [0.2, 0.25) is 6.79 Å². The number of nitrogens with two attached hydrogens (primary N) is 1. The van der Waals surface area contributed by atoms with Crippen molar-refractivity contribution in [2.45, 2.75) is 19.1 Å². The van der Waals surface area contributed by atoms with Crippen molar-refractivity contribution in [3.8, 4) is 11.5 Å². The van der Waals surface area contributed by atoms with Crippen LogP contribution in [0, 0.1) is 0 Å². The molecule has 1 unspecified atom stereocenters. The lowest BCUT2D eigenvalue weighted by Gasteiger charge is -2.26. The van der Waals surface area contributed by atoms with Crippen molar-refractivity contribution < 1.29 is 9.47 Å².